The number of anilines is 1. The van der Waals surface area contributed by atoms with Crippen molar-refractivity contribution in [3.63, 3.8) is 0 Å². The van der Waals surface area contributed by atoms with Gasteiger partial charge in [-0.2, -0.15) is 0 Å². The van der Waals surface area contributed by atoms with Crippen LogP contribution in [0.25, 0.3) is 0 Å². The molecule has 27 heavy (non-hydrogen) atoms. The van der Waals surface area contributed by atoms with Gasteiger partial charge in [0.2, 0.25) is 0 Å². The highest BCUT2D eigenvalue weighted by atomic mass is 16.5. The summed E-state index contributed by atoms with van der Waals surface area (Å²) in [7, 11) is 5.64. The van der Waals surface area contributed by atoms with Crippen molar-refractivity contribution >= 4 is 11.6 Å². The van der Waals surface area contributed by atoms with Gasteiger partial charge in [-0.05, 0) is 54.8 Å². The van der Waals surface area contributed by atoms with Gasteiger partial charge in [0.15, 0.2) is 0 Å². The molecule has 1 heterocycles. The molecule has 144 valence electrons. The maximum absolute atomic E-state index is 12.7. The summed E-state index contributed by atoms with van der Waals surface area (Å²) < 4.78 is 10.9. The lowest BCUT2D eigenvalue weighted by Gasteiger charge is -2.38. The zero-order valence-corrected chi connectivity index (χ0v) is 16.3. The molecule has 5 heteroatoms. The Morgan fingerprint density at radius 1 is 1.07 bits per heavy atom. The van der Waals surface area contributed by atoms with Crippen molar-refractivity contribution in [1.29, 1.82) is 0 Å². The lowest BCUT2D eigenvalue weighted by molar-refractivity contribution is 0.0487. The van der Waals surface area contributed by atoms with Gasteiger partial charge in [-0.25, -0.2) is 0 Å². The average molecular weight is 368 g/mol. The number of nitrogens with one attached hydrogen (secondary N) is 1. The van der Waals surface area contributed by atoms with Crippen LogP contribution >= 0.6 is 0 Å². The first kappa shape index (κ1) is 19.2. The normalized spacial score (nSPS) is 15.8. The van der Waals surface area contributed by atoms with E-state index >= 15 is 0 Å². The van der Waals surface area contributed by atoms with Gasteiger partial charge < -0.3 is 19.7 Å². The Morgan fingerprint density at radius 2 is 1.70 bits per heavy atom. The van der Waals surface area contributed by atoms with E-state index in [1.165, 1.54) is 5.56 Å². The molecule has 1 saturated heterocycles. The summed E-state index contributed by atoms with van der Waals surface area (Å²) in [4.78, 5) is 14.7. The standard InChI is InChI=1S/C22H28N2O3/c1-24(2)19-8-4-17(5-9-19)21(25)23-16-22(12-14-27-15-13-22)18-6-10-20(26-3)11-7-18/h4-11H,12-16H2,1-3H3,(H,23,25). The highest BCUT2D eigenvalue weighted by Crippen LogP contribution is 2.35. The summed E-state index contributed by atoms with van der Waals surface area (Å²) in [5.41, 5.74) is 2.86. The van der Waals surface area contributed by atoms with Crippen LogP contribution < -0.4 is 15.0 Å². The number of carbonyl (C=O) groups is 1. The Hall–Kier alpha value is -2.53. The van der Waals surface area contributed by atoms with Gasteiger partial charge in [0, 0.05) is 50.5 Å². The van der Waals surface area contributed by atoms with Crippen LogP contribution in [0.4, 0.5) is 5.69 Å². The monoisotopic (exact) mass is 368 g/mol. The SMILES string of the molecule is COc1ccc(C2(CNC(=O)c3ccc(N(C)C)cc3)CCOCC2)cc1. The number of ether oxygens (including phenoxy) is 2. The molecule has 3 rings (SSSR count). The van der Waals surface area contributed by atoms with E-state index in [-0.39, 0.29) is 11.3 Å². The zero-order valence-electron chi connectivity index (χ0n) is 16.3. The van der Waals surface area contributed by atoms with E-state index in [1.807, 2.05) is 55.4 Å². The van der Waals surface area contributed by atoms with Gasteiger partial charge in [0.05, 0.1) is 7.11 Å². The summed E-state index contributed by atoms with van der Waals surface area (Å²) in [6, 6.07) is 15.8. The zero-order chi connectivity index (χ0) is 19.3. The third kappa shape index (κ3) is 4.42. The van der Waals surface area contributed by atoms with Gasteiger partial charge in [0.25, 0.3) is 5.91 Å². The summed E-state index contributed by atoms with van der Waals surface area (Å²) >= 11 is 0. The number of carbonyl (C=O) groups excluding carboxylic acids is 1. The van der Waals surface area contributed by atoms with Crippen LogP contribution in [0.15, 0.2) is 48.5 Å². The minimum Gasteiger partial charge on any atom is -0.497 e. The Bertz CT molecular complexity index is 748. The summed E-state index contributed by atoms with van der Waals surface area (Å²) in [5, 5.41) is 3.15. The number of hydrogen-bond acceptors (Lipinski definition) is 4. The lowest BCUT2D eigenvalue weighted by Crippen LogP contribution is -2.44. The van der Waals surface area contributed by atoms with Crippen LogP contribution in [0.3, 0.4) is 0 Å². The lowest BCUT2D eigenvalue weighted by atomic mass is 9.74. The van der Waals surface area contributed by atoms with E-state index in [2.05, 4.69) is 17.4 Å². The third-order valence-corrected chi connectivity index (χ3v) is 5.39. The van der Waals surface area contributed by atoms with Crippen molar-refractivity contribution in [3.05, 3.63) is 59.7 Å². The minimum absolute atomic E-state index is 0.0420. The summed E-state index contributed by atoms with van der Waals surface area (Å²) in [5.74, 6) is 0.797. The number of nitrogens with zero attached hydrogens (tertiary/aromatic N) is 1. The fraction of sp³-hybridized carbons (Fsp3) is 0.409. The molecule has 0 spiro atoms. The molecule has 0 radical (unpaired) electrons. The van der Waals surface area contributed by atoms with Crippen LogP contribution in [0.5, 0.6) is 5.75 Å². The van der Waals surface area contributed by atoms with E-state index in [1.54, 1.807) is 7.11 Å². The van der Waals surface area contributed by atoms with Gasteiger partial charge in [-0.15, -0.1) is 0 Å². The number of methoxy groups -OCH3 is 1. The largest absolute Gasteiger partial charge is 0.497 e. The van der Waals surface area contributed by atoms with Gasteiger partial charge >= 0.3 is 0 Å². The topological polar surface area (TPSA) is 50.8 Å². The van der Waals surface area contributed by atoms with Crippen molar-refractivity contribution in [3.8, 4) is 5.75 Å². The van der Waals surface area contributed by atoms with Crippen LogP contribution in [0, 0.1) is 0 Å². The Morgan fingerprint density at radius 3 is 2.26 bits per heavy atom. The molecule has 5 nitrogen and oxygen atoms in total. The van der Waals surface area contributed by atoms with E-state index in [9.17, 15) is 4.79 Å². The Labute approximate surface area is 161 Å². The molecule has 1 amide bonds. The number of amides is 1. The number of rotatable bonds is 6. The summed E-state index contributed by atoms with van der Waals surface area (Å²) in [6.45, 7) is 2.01. The van der Waals surface area contributed by atoms with Gasteiger partial charge in [0.1, 0.15) is 5.75 Å². The molecule has 0 aliphatic carbocycles. The fourth-order valence-corrected chi connectivity index (χ4v) is 3.54. The molecule has 1 aliphatic rings. The first-order valence-electron chi connectivity index (χ1n) is 9.32. The first-order valence-corrected chi connectivity index (χ1v) is 9.32. The van der Waals surface area contributed by atoms with Crippen molar-refractivity contribution < 1.29 is 14.3 Å². The molecule has 0 saturated carbocycles. The molecular formula is C22H28N2O3. The second kappa shape index (κ2) is 8.44. The van der Waals surface area contributed by atoms with Crippen LogP contribution in [-0.4, -0.2) is 46.9 Å². The molecule has 0 aromatic heterocycles. The highest BCUT2D eigenvalue weighted by molar-refractivity contribution is 5.94. The third-order valence-electron chi connectivity index (χ3n) is 5.39. The average Bonchev–Trinajstić information content (AvgIpc) is 2.73. The van der Waals surface area contributed by atoms with Crippen LogP contribution in [0.1, 0.15) is 28.8 Å². The summed E-state index contributed by atoms with van der Waals surface area (Å²) in [6.07, 6.45) is 1.78. The Balaban J connectivity index is 1.73. The molecule has 0 bridgehead atoms. The molecule has 0 unspecified atom stereocenters. The van der Waals surface area contributed by atoms with E-state index in [0.717, 1.165) is 24.3 Å². The number of hydrogen-bond donors (Lipinski definition) is 1. The van der Waals surface area contributed by atoms with E-state index in [0.29, 0.717) is 25.3 Å². The van der Waals surface area contributed by atoms with Gasteiger partial charge in [-0.1, -0.05) is 12.1 Å². The Kier molecular flexibility index (Phi) is 6.01. The van der Waals surface area contributed by atoms with Gasteiger partial charge in [-0.3, -0.25) is 4.79 Å². The predicted octanol–water partition coefficient (Wildman–Crippen LogP) is 3.24. The molecular weight excluding hydrogens is 340 g/mol. The molecule has 2 aromatic rings. The van der Waals surface area contributed by atoms with Crippen molar-refractivity contribution in [2.45, 2.75) is 18.3 Å². The highest BCUT2D eigenvalue weighted by Gasteiger charge is 2.35. The molecule has 2 aromatic carbocycles. The predicted molar refractivity (Wildman–Crippen MR) is 108 cm³/mol. The van der Waals surface area contributed by atoms with Crippen molar-refractivity contribution in [1.82, 2.24) is 5.32 Å². The number of benzene rings is 2. The maximum atomic E-state index is 12.7. The second-order valence-electron chi connectivity index (χ2n) is 7.25. The van der Waals surface area contributed by atoms with Crippen LogP contribution in [-0.2, 0) is 10.2 Å². The fourth-order valence-electron chi connectivity index (χ4n) is 3.54. The van der Waals surface area contributed by atoms with Crippen LogP contribution in [0.2, 0.25) is 0 Å². The van der Waals surface area contributed by atoms with Crippen molar-refractivity contribution in [2.24, 2.45) is 0 Å². The molecule has 1 N–H and O–H groups in total. The maximum Gasteiger partial charge on any atom is 0.251 e. The second-order valence-corrected chi connectivity index (χ2v) is 7.25. The molecule has 1 fully saturated rings. The first-order chi connectivity index (χ1) is 13.0. The molecule has 0 atom stereocenters. The molecule has 1 aliphatic heterocycles. The van der Waals surface area contributed by atoms with Crippen molar-refractivity contribution in [2.75, 3.05) is 45.9 Å². The minimum atomic E-state index is -0.107. The quantitative estimate of drug-likeness (QED) is 0.850. The smallest absolute Gasteiger partial charge is 0.251 e. The van der Waals surface area contributed by atoms with E-state index < -0.39 is 0 Å². The van der Waals surface area contributed by atoms with E-state index in [4.69, 9.17) is 9.47 Å².